The number of carbonyl (C=O) groups is 1. The zero-order valence-corrected chi connectivity index (χ0v) is 9.69. The van der Waals surface area contributed by atoms with Gasteiger partial charge in [-0.3, -0.25) is 4.79 Å². The van der Waals surface area contributed by atoms with Crippen LogP contribution in [0.2, 0.25) is 0 Å². The van der Waals surface area contributed by atoms with Crippen LogP contribution in [0.4, 0.5) is 0 Å². The molecule has 0 aliphatic heterocycles. The van der Waals surface area contributed by atoms with E-state index in [9.17, 15) is 4.79 Å². The second-order valence-electron chi connectivity index (χ2n) is 3.11. The summed E-state index contributed by atoms with van der Waals surface area (Å²) >= 11 is 3.07. The van der Waals surface area contributed by atoms with Crippen LogP contribution < -0.4 is 0 Å². The molecule has 5 heteroatoms. The van der Waals surface area contributed by atoms with Crippen molar-refractivity contribution >= 4 is 28.6 Å². The highest BCUT2D eigenvalue weighted by Crippen LogP contribution is 2.29. The van der Waals surface area contributed by atoms with E-state index < -0.39 is 5.97 Å². The topological polar surface area (TPSA) is 50.2 Å². The third kappa shape index (κ3) is 2.24. The number of aromatic nitrogens is 1. The zero-order chi connectivity index (χ0) is 10.8. The first kappa shape index (κ1) is 10.3. The van der Waals surface area contributed by atoms with Crippen LogP contribution in [0.25, 0.3) is 10.6 Å². The Hall–Kier alpha value is -1.20. The Morgan fingerprint density at radius 1 is 1.60 bits per heavy atom. The summed E-state index contributed by atoms with van der Waals surface area (Å²) in [6, 6.07) is 1.99. The number of thiophene rings is 1. The molecule has 2 rings (SSSR count). The van der Waals surface area contributed by atoms with Crippen molar-refractivity contribution in [1.29, 1.82) is 0 Å². The van der Waals surface area contributed by atoms with Crippen molar-refractivity contribution in [2.45, 2.75) is 13.3 Å². The summed E-state index contributed by atoms with van der Waals surface area (Å²) in [5.41, 5.74) is 1.90. The van der Waals surface area contributed by atoms with Crippen molar-refractivity contribution in [2.75, 3.05) is 0 Å². The van der Waals surface area contributed by atoms with Crippen molar-refractivity contribution in [3.63, 3.8) is 0 Å². The normalized spacial score (nSPS) is 10.5. The van der Waals surface area contributed by atoms with Gasteiger partial charge in [0.25, 0.3) is 0 Å². The Morgan fingerprint density at radius 2 is 2.40 bits per heavy atom. The lowest BCUT2D eigenvalue weighted by Gasteiger charge is -1.89. The molecule has 0 bridgehead atoms. The van der Waals surface area contributed by atoms with E-state index in [0.717, 1.165) is 21.1 Å². The summed E-state index contributed by atoms with van der Waals surface area (Å²) in [5, 5.41) is 13.6. The largest absolute Gasteiger partial charge is 0.481 e. The molecule has 78 valence electrons. The average Bonchev–Trinajstić information content (AvgIpc) is 2.75. The first-order valence-corrected chi connectivity index (χ1v) is 6.13. The van der Waals surface area contributed by atoms with E-state index in [1.165, 1.54) is 11.3 Å². The molecule has 0 unspecified atom stereocenters. The Kier molecular flexibility index (Phi) is 2.83. The van der Waals surface area contributed by atoms with Gasteiger partial charge in [-0.2, -0.15) is 11.3 Å². The Morgan fingerprint density at radius 3 is 3.00 bits per heavy atom. The number of aryl methyl sites for hydroxylation is 1. The number of aliphatic carboxylic acids is 1. The van der Waals surface area contributed by atoms with Crippen LogP contribution in [0.5, 0.6) is 0 Å². The number of thiazole rings is 1. The number of rotatable bonds is 3. The molecule has 0 aromatic carbocycles. The summed E-state index contributed by atoms with van der Waals surface area (Å²) < 4.78 is 0. The minimum atomic E-state index is -0.807. The monoisotopic (exact) mass is 239 g/mol. The fourth-order valence-corrected chi connectivity index (χ4v) is 3.00. The Bertz CT molecular complexity index is 474. The smallest absolute Gasteiger partial charge is 0.308 e. The van der Waals surface area contributed by atoms with E-state index in [2.05, 4.69) is 4.98 Å². The highest BCUT2D eigenvalue weighted by Gasteiger charge is 2.12. The molecule has 0 aliphatic rings. The molecule has 0 fully saturated rings. The van der Waals surface area contributed by atoms with E-state index in [1.807, 2.05) is 23.8 Å². The van der Waals surface area contributed by atoms with Gasteiger partial charge in [0.15, 0.2) is 0 Å². The molecule has 0 spiro atoms. The van der Waals surface area contributed by atoms with Gasteiger partial charge < -0.3 is 5.11 Å². The molecule has 2 aromatic rings. The number of nitrogens with zero attached hydrogens (tertiary/aromatic N) is 1. The van der Waals surface area contributed by atoms with Gasteiger partial charge >= 0.3 is 5.97 Å². The molecule has 1 N–H and O–H groups in total. The minimum absolute atomic E-state index is 0.0631. The van der Waals surface area contributed by atoms with Gasteiger partial charge in [-0.05, 0) is 18.4 Å². The molecular weight excluding hydrogens is 230 g/mol. The molecule has 0 saturated heterocycles. The second-order valence-corrected chi connectivity index (χ2v) is 4.97. The molecule has 0 aliphatic carbocycles. The fourth-order valence-electron chi connectivity index (χ4n) is 1.24. The standard InChI is InChI=1S/C10H9NO2S2/c1-6-8(4-9(12)13)15-10(11-6)7-2-3-14-5-7/h2-3,5H,4H2,1H3,(H,12,13). The third-order valence-electron chi connectivity index (χ3n) is 1.97. The molecular formula is C10H9NO2S2. The van der Waals surface area contributed by atoms with Crippen LogP contribution in [0.1, 0.15) is 10.6 Å². The van der Waals surface area contributed by atoms with Gasteiger partial charge in [-0.1, -0.05) is 0 Å². The van der Waals surface area contributed by atoms with Crippen LogP contribution >= 0.6 is 22.7 Å². The van der Waals surface area contributed by atoms with Gasteiger partial charge in [0.2, 0.25) is 0 Å². The third-order valence-corrected chi connectivity index (χ3v) is 3.86. The highest BCUT2D eigenvalue weighted by molar-refractivity contribution is 7.15. The van der Waals surface area contributed by atoms with Crippen LogP contribution in [-0.4, -0.2) is 16.1 Å². The molecule has 0 radical (unpaired) electrons. The van der Waals surface area contributed by atoms with Gasteiger partial charge in [-0.15, -0.1) is 11.3 Å². The van der Waals surface area contributed by atoms with Gasteiger partial charge in [0.05, 0.1) is 12.1 Å². The van der Waals surface area contributed by atoms with Crippen molar-refractivity contribution in [3.05, 3.63) is 27.4 Å². The first-order chi connectivity index (χ1) is 7.16. The molecule has 3 nitrogen and oxygen atoms in total. The average molecular weight is 239 g/mol. The van der Waals surface area contributed by atoms with Crippen molar-refractivity contribution in [3.8, 4) is 10.6 Å². The highest BCUT2D eigenvalue weighted by atomic mass is 32.1. The lowest BCUT2D eigenvalue weighted by molar-refractivity contribution is -0.136. The summed E-state index contributed by atoms with van der Waals surface area (Å²) in [6.45, 7) is 1.85. The van der Waals surface area contributed by atoms with Crippen molar-refractivity contribution < 1.29 is 9.90 Å². The molecule has 15 heavy (non-hydrogen) atoms. The van der Waals surface area contributed by atoms with Gasteiger partial charge in [-0.25, -0.2) is 4.98 Å². The zero-order valence-electron chi connectivity index (χ0n) is 8.06. The maximum absolute atomic E-state index is 10.6. The van der Waals surface area contributed by atoms with E-state index in [0.29, 0.717) is 0 Å². The van der Waals surface area contributed by atoms with Crippen LogP contribution in [0.15, 0.2) is 16.8 Å². The lowest BCUT2D eigenvalue weighted by atomic mass is 10.3. The maximum atomic E-state index is 10.6. The van der Waals surface area contributed by atoms with Crippen LogP contribution in [-0.2, 0) is 11.2 Å². The number of carboxylic acids is 1. The van der Waals surface area contributed by atoms with Crippen LogP contribution in [0, 0.1) is 6.92 Å². The summed E-state index contributed by atoms with van der Waals surface area (Å²) in [6.07, 6.45) is 0.0631. The maximum Gasteiger partial charge on any atom is 0.308 e. The molecule has 2 aromatic heterocycles. The van der Waals surface area contributed by atoms with E-state index >= 15 is 0 Å². The number of hydrogen-bond acceptors (Lipinski definition) is 4. The summed E-state index contributed by atoms with van der Waals surface area (Å²) in [5.74, 6) is -0.807. The number of carboxylic acid groups (broad SMARTS) is 1. The Balaban J connectivity index is 2.33. The molecule has 2 heterocycles. The Labute approximate surface area is 95.0 Å². The fraction of sp³-hybridized carbons (Fsp3) is 0.200. The lowest BCUT2D eigenvalue weighted by Crippen LogP contribution is -1.99. The van der Waals surface area contributed by atoms with E-state index in [-0.39, 0.29) is 6.42 Å². The van der Waals surface area contributed by atoms with Crippen molar-refractivity contribution in [1.82, 2.24) is 4.98 Å². The van der Waals surface area contributed by atoms with Crippen molar-refractivity contribution in [2.24, 2.45) is 0 Å². The van der Waals surface area contributed by atoms with E-state index in [4.69, 9.17) is 5.11 Å². The molecule has 0 amide bonds. The second kappa shape index (κ2) is 4.12. The number of hydrogen-bond donors (Lipinski definition) is 1. The van der Waals surface area contributed by atoms with Gasteiger partial charge in [0, 0.05) is 15.8 Å². The first-order valence-electron chi connectivity index (χ1n) is 4.37. The SMILES string of the molecule is Cc1nc(-c2ccsc2)sc1CC(=O)O. The predicted octanol–water partition coefficient (Wildman–Crippen LogP) is 2.81. The van der Waals surface area contributed by atoms with Crippen LogP contribution in [0.3, 0.4) is 0 Å². The molecule has 0 saturated carbocycles. The van der Waals surface area contributed by atoms with E-state index in [1.54, 1.807) is 11.3 Å². The molecule has 0 atom stereocenters. The summed E-state index contributed by atoms with van der Waals surface area (Å²) in [4.78, 5) is 15.8. The quantitative estimate of drug-likeness (QED) is 0.896. The predicted molar refractivity (Wildman–Crippen MR) is 61.5 cm³/mol. The minimum Gasteiger partial charge on any atom is -0.481 e. The summed E-state index contributed by atoms with van der Waals surface area (Å²) in [7, 11) is 0. The van der Waals surface area contributed by atoms with Gasteiger partial charge in [0.1, 0.15) is 5.01 Å².